The molecule has 0 radical (unpaired) electrons. The van der Waals surface area contributed by atoms with Gasteiger partial charge in [0.25, 0.3) is 5.91 Å². The topological polar surface area (TPSA) is 146 Å². The Hall–Kier alpha value is -3.33. The van der Waals surface area contributed by atoms with Gasteiger partial charge in [0.15, 0.2) is 17.5 Å². The molecule has 9 nitrogen and oxygen atoms in total. The van der Waals surface area contributed by atoms with E-state index in [0.29, 0.717) is 11.7 Å². The van der Waals surface area contributed by atoms with Crippen molar-refractivity contribution in [2.75, 3.05) is 14.1 Å². The van der Waals surface area contributed by atoms with Crippen LogP contribution in [-0.4, -0.2) is 59.5 Å². The van der Waals surface area contributed by atoms with Crippen LogP contribution in [0.5, 0.6) is 0 Å². The SMILES string of the molecule is CNC1CCC(N(C)C(N)=NC(=Nc2ccc3ncccc3c2)C(=N)C(N)=O)CC1. The number of carbonyl (C=O) groups is 1. The van der Waals surface area contributed by atoms with Gasteiger partial charge < -0.3 is 21.7 Å². The lowest BCUT2D eigenvalue weighted by Crippen LogP contribution is -2.46. The Morgan fingerprint density at radius 1 is 1.23 bits per heavy atom. The summed E-state index contributed by atoms with van der Waals surface area (Å²) in [6.45, 7) is 0. The molecular formula is C21H28N8O. The van der Waals surface area contributed by atoms with Crippen molar-refractivity contribution in [2.24, 2.45) is 21.5 Å². The van der Waals surface area contributed by atoms with Gasteiger partial charge in [-0.05, 0) is 57.0 Å². The summed E-state index contributed by atoms with van der Waals surface area (Å²) >= 11 is 0. The van der Waals surface area contributed by atoms with Gasteiger partial charge in [0, 0.05) is 30.7 Å². The van der Waals surface area contributed by atoms with E-state index in [1.807, 2.05) is 43.3 Å². The Kier molecular flexibility index (Phi) is 6.73. The quantitative estimate of drug-likeness (QED) is 0.438. The predicted octanol–water partition coefficient (Wildman–Crippen LogP) is 1.55. The zero-order chi connectivity index (χ0) is 21.7. The fourth-order valence-corrected chi connectivity index (χ4v) is 3.63. The monoisotopic (exact) mass is 408 g/mol. The molecule has 1 amide bonds. The Balaban J connectivity index is 1.88. The van der Waals surface area contributed by atoms with Crippen molar-refractivity contribution in [3.05, 3.63) is 36.5 Å². The molecule has 9 heteroatoms. The number of amidine groups is 1. The van der Waals surface area contributed by atoms with Crippen LogP contribution in [0.2, 0.25) is 0 Å². The number of nitrogens with one attached hydrogen (secondary N) is 2. The molecular weight excluding hydrogens is 380 g/mol. The number of nitrogens with two attached hydrogens (primary N) is 2. The van der Waals surface area contributed by atoms with E-state index in [-0.39, 0.29) is 17.8 Å². The van der Waals surface area contributed by atoms with Crippen molar-refractivity contribution >= 4 is 40.0 Å². The Morgan fingerprint density at radius 3 is 2.63 bits per heavy atom. The highest BCUT2D eigenvalue weighted by molar-refractivity contribution is 6.66. The Bertz CT molecular complexity index is 991. The first-order valence-corrected chi connectivity index (χ1v) is 9.95. The number of amides is 1. The number of hydrogen-bond donors (Lipinski definition) is 4. The van der Waals surface area contributed by atoms with Gasteiger partial charge in [0.1, 0.15) is 0 Å². The maximum absolute atomic E-state index is 11.6. The van der Waals surface area contributed by atoms with Gasteiger partial charge in [0.2, 0.25) is 0 Å². The smallest absolute Gasteiger partial charge is 0.270 e. The first-order chi connectivity index (χ1) is 14.4. The zero-order valence-corrected chi connectivity index (χ0v) is 17.3. The van der Waals surface area contributed by atoms with E-state index in [1.54, 1.807) is 12.3 Å². The van der Waals surface area contributed by atoms with Gasteiger partial charge in [-0.3, -0.25) is 15.2 Å². The number of benzene rings is 1. The summed E-state index contributed by atoms with van der Waals surface area (Å²) in [5, 5.41) is 12.2. The van der Waals surface area contributed by atoms with Gasteiger partial charge in [-0.2, -0.15) is 4.99 Å². The van der Waals surface area contributed by atoms with Crippen LogP contribution in [0.4, 0.5) is 5.69 Å². The fraction of sp³-hybridized carbons (Fsp3) is 0.381. The van der Waals surface area contributed by atoms with E-state index in [2.05, 4.69) is 20.3 Å². The summed E-state index contributed by atoms with van der Waals surface area (Å²) in [5.41, 5.74) is 12.4. The molecule has 0 unspecified atom stereocenters. The lowest BCUT2D eigenvalue weighted by molar-refractivity contribution is -0.111. The fourth-order valence-electron chi connectivity index (χ4n) is 3.63. The summed E-state index contributed by atoms with van der Waals surface area (Å²) < 4.78 is 0. The minimum Gasteiger partial charge on any atom is -0.369 e. The number of aromatic nitrogens is 1. The van der Waals surface area contributed by atoms with Crippen molar-refractivity contribution in [1.82, 2.24) is 15.2 Å². The van der Waals surface area contributed by atoms with Crippen LogP contribution in [0.15, 0.2) is 46.5 Å². The first kappa shape index (κ1) is 21.4. The lowest BCUT2D eigenvalue weighted by atomic mass is 9.90. The molecule has 0 saturated heterocycles. The molecule has 1 aliphatic rings. The van der Waals surface area contributed by atoms with Crippen molar-refractivity contribution in [1.29, 1.82) is 5.41 Å². The number of guanidine groups is 1. The Morgan fingerprint density at radius 2 is 1.97 bits per heavy atom. The van der Waals surface area contributed by atoms with Crippen LogP contribution >= 0.6 is 0 Å². The van der Waals surface area contributed by atoms with Crippen LogP contribution in [-0.2, 0) is 4.79 Å². The molecule has 0 bridgehead atoms. The molecule has 2 aromatic rings. The maximum Gasteiger partial charge on any atom is 0.270 e. The van der Waals surface area contributed by atoms with Crippen LogP contribution in [0, 0.1) is 5.41 Å². The third-order valence-corrected chi connectivity index (χ3v) is 5.53. The molecule has 0 atom stereocenters. The highest BCUT2D eigenvalue weighted by Gasteiger charge is 2.25. The molecule has 30 heavy (non-hydrogen) atoms. The number of fused-ring (bicyclic) bond motifs is 1. The first-order valence-electron chi connectivity index (χ1n) is 9.95. The molecule has 3 rings (SSSR count). The molecule has 158 valence electrons. The van der Waals surface area contributed by atoms with Gasteiger partial charge in [-0.1, -0.05) is 6.07 Å². The van der Waals surface area contributed by atoms with Crippen LogP contribution in [0.3, 0.4) is 0 Å². The van der Waals surface area contributed by atoms with Crippen molar-refractivity contribution in [3.63, 3.8) is 0 Å². The van der Waals surface area contributed by atoms with E-state index in [9.17, 15) is 4.79 Å². The highest BCUT2D eigenvalue weighted by atomic mass is 16.1. The van der Waals surface area contributed by atoms with Gasteiger partial charge >= 0.3 is 0 Å². The summed E-state index contributed by atoms with van der Waals surface area (Å²) in [6.07, 6.45) is 5.79. The maximum atomic E-state index is 11.6. The van der Waals surface area contributed by atoms with Crippen LogP contribution < -0.4 is 16.8 Å². The molecule has 1 aromatic carbocycles. The normalized spacial score (nSPS) is 20.2. The van der Waals surface area contributed by atoms with Crippen LogP contribution in [0.25, 0.3) is 10.9 Å². The minimum atomic E-state index is -0.912. The van der Waals surface area contributed by atoms with E-state index in [1.165, 1.54) is 0 Å². The number of pyridine rings is 1. The predicted molar refractivity (Wildman–Crippen MR) is 120 cm³/mol. The lowest BCUT2D eigenvalue weighted by Gasteiger charge is -2.35. The third kappa shape index (κ3) is 4.98. The second kappa shape index (κ2) is 9.45. The molecule has 0 spiro atoms. The van der Waals surface area contributed by atoms with Crippen molar-refractivity contribution in [2.45, 2.75) is 37.8 Å². The minimum absolute atomic E-state index is 0.112. The number of primary amides is 1. The van der Waals surface area contributed by atoms with E-state index >= 15 is 0 Å². The summed E-state index contributed by atoms with van der Waals surface area (Å²) in [6, 6.07) is 9.88. The number of aliphatic imine (C=N–C) groups is 2. The van der Waals surface area contributed by atoms with E-state index in [0.717, 1.165) is 36.6 Å². The van der Waals surface area contributed by atoms with E-state index < -0.39 is 11.6 Å². The third-order valence-electron chi connectivity index (χ3n) is 5.53. The van der Waals surface area contributed by atoms with Crippen LogP contribution in [0.1, 0.15) is 25.7 Å². The van der Waals surface area contributed by atoms with E-state index in [4.69, 9.17) is 16.9 Å². The van der Waals surface area contributed by atoms with Gasteiger partial charge in [0.05, 0.1) is 11.2 Å². The highest BCUT2D eigenvalue weighted by Crippen LogP contribution is 2.23. The van der Waals surface area contributed by atoms with Crippen molar-refractivity contribution < 1.29 is 4.79 Å². The molecule has 1 heterocycles. The van der Waals surface area contributed by atoms with Gasteiger partial charge in [-0.15, -0.1) is 0 Å². The molecule has 1 saturated carbocycles. The summed E-state index contributed by atoms with van der Waals surface area (Å²) in [4.78, 5) is 26.5. The second-order valence-corrected chi connectivity index (χ2v) is 7.43. The molecule has 1 aromatic heterocycles. The number of nitrogens with zero attached hydrogens (tertiary/aromatic N) is 4. The zero-order valence-electron chi connectivity index (χ0n) is 17.3. The average molecular weight is 409 g/mol. The average Bonchev–Trinajstić information content (AvgIpc) is 2.77. The van der Waals surface area contributed by atoms with Gasteiger partial charge in [-0.25, -0.2) is 4.99 Å². The summed E-state index contributed by atoms with van der Waals surface area (Å²) in [7, 11) is 3.85. The molecule has 1 aliphatic carbocycles. The molecule has 1 fully saturated rings. The van der Waals surface area contributed by atoms with Crippen molar-refractivity contribution in [3.8, 4) is 0 Å². The Labute approximate surface area is 175 Å². The molecule has 6 N–H and O–H groups in total. The standard InChI is InChI=1S/C21H28N8O/c1-25-14-5-8-16(9-6-14)29(2)21(24)28-20(18(22)19(23)30)27-15-7-10-17-13(12-15)4-3-11-26-17/h3-4,7,10-12,14,16,22,25H,5-6,8-9H2,1-2H3,(H2,23,30)(H2,24,27,28). The summed E-state index contributed by atoms with van der Waals surface area (Å²) in [5.74, 6) is -0.820. The molecule has 0 aliphatic heterocycles. The number of rotatable bonds is 5. The second-order valence-electron chi connectivity index (χ2n) is 7.43. The number of hydrogen-bond acceptors (Lipinski definition) is 5. The largest absolute Gasteiger partial charge is 0.369 e. The number of carbonyl (C=O) groups excluding carboxylic acids is 1.